The summed E-state index contributed by atoms with van der Waals surface area (Å²) in [5.41, 5.74) is 1.76. The first-order valence-corrected chi connectivity index (χ1v) is 7.29. The molecule has 0 fully saturated rings. The quantitative estimate of drug-likeness (QED) is 0.783. The van der Waals surface area contributed by atoms with E-state index in [4.69, 9.17) is 0 Å². The summed E-state index contributed by atoms with van der Waals surface area (Å²) in [6, 6.07) is 7.47. The number of carbonyl (C=O) groups excluding carboxylic acids is 1. The third-order valence-corrected chi connectivity index (χ3v) is 4.79. The number of carbonyl (C=O) groups is 1. The molecule has 1 aromatic carbocycles. The zero-order valence-corrected chi connectivity index (χ0v) is 12.2. The molecule has 92 valence electrons. The summed E-state index contributed by atoms with van der Waals surface area (Å²) in [6.45, 7) is 3.72. The Balaban J connectivity index is 1.92. The maximum atomic E-state index is 12.4. The van der Waals surface area contributed by atoms with Crippen LogP contribution in [-0.4, -0.2) is 28.9 Å². The molecule has 2 aliphatic heterocycles. The standard InChI is InChI=1S/C13H11BrN2OS/c1-8-12(18-13-15-6-7-16(8)13)11(17)9-2-4-10(14)5-3-9/h2-5H,6-7H2,1H3. The van der Waals surface area contributed by atoms with Crippen LogP contribution < -0.4 is 0 Å². The van der Waals surface area contributed by atoms with Crippen LogP contribution in [0.1, 0.15) is 17.3 Å². The number of thioether (sulfide) groups is 1. The number of nitrogens with zero attached hydrogens (tertiary/aromatic N) is 2. The van der Waals surface area contributed by atoms with Gasteiger partial charge in [0.15, 0.2) is 5.17 Å². The summed E-state index contributed by atoms with van der Waals surface area (Å²) < 4.78 is 0.980. The number of rotatable bonds is 2. The topological polar surface area (TPSA) is 32.7 Å². The maximum Gasteiger partial charge on any atom is 0.201 e. The van der Waals surface area contributed by atoms with E-state index >= 15 is 0 Å². The van der Waals surface area contributed by atoms with E-state index in [0.29, 0.717) is 0 Å². The summed E-state index contributed by atoms with van der Waals surface area (Å²) in [5.74, 6) is 0.0853. The number of halogens is 1. The van der Waals surface area contributed by atoms with E-state index < -0.39 is 0 Å². The van der Waals surface area contributed by atoms with E-state index in [1.54, 1.807) is 0 Å². The van der Waals surface area contributed by atoms with E-state index in [-0.39, 0.29) is 5.78 Å². The van der Waals surface area contributed by atoms with Gasteiger partial charge in [-0.25, -0.2) is 0 Å². The van der Waals surface area contributed by atoms with Crippen LogP contribution in [0.4, 0.5) is 0 Å². The van der Waals surface area contributed by atoms with Crippen LogP contribution >= 0.6 is 27.7 Å². The second kappa shape index (κ2) is 4.55. The van der Waals surface area contributed by atoms with Crippen molar-refractivity contribution in [2.75, 3.05) is 13.1 Å². The molecule has 0 N–H and O–H groups in total. The van der Waals surface area contributed by atoms with Gasteiger partial charge in [-0.3, -0.25) is 9.79 Å². The average Bonchev–Trinajstić information content (AvgIpc) is 2.93. The predicted octanol–water partition coefficient (Wildman–Crippen LogP) is 3.28. The fourth-order valence-corrected chi connectivity index (χ4v) is 3.47. The largest absolute Gasteiger partial charge is 0.322 e. The highest BCUT2D eigenvalue weighted by Crippen LogP contribution is 2.37. The van der Waals surface area contributed by atoms with Crippen LogP contribution in [-0.2, 0) is 0 Å². The summed E-state index contributed by atoms with van der Waals surface area (Å²) in [5, 5.41) is 0.966. The molecule has 0 radical (unpaired) electrons. The Bertz CT molecular complexity index is 577. The van der Waals surface area contributed by atoms with Gasteiger partial charge in [0.05, 0.1) is 11.4 Å². The second-order valence-electron chi connectivity index (χ2n) is 4.17. The molecule has 3 rings (SSSR count). The number of hydrogen-bond donors (Lipinski definition) is 0. The minimum Gasteiger partial charge on any atom is -0.322 e. The molecule has 0 unspecified atom stereocenters. The molecule has 0 aliphatic carbocycles. The summed E-state index contributed by atoms with van der Waals surface area (Å²) in [7, 11) is 0. The van der Waals surface area contributed by atoms with Crippen molar-refractivity contribution in [1.29, 1.82) is 0 Å². The van der Waals surface area contributed by atoms with Crippen molar-refractivity contribution in [3.63, 3.8) is 0 Å². The number of allylic oxidation sites excluding steroid dienone is 2. The van der Waals surface area contributed by atoms with E-state index in [9.17, 15) is 4.79 Å². The smallest absolute Gasteiger partial charge is 0.201 e. The molecule has 18 heavy (non-hydrogen) atoms. The van der Waals surface area contributed by atoms with Gasteiger partial charge in [0.1, 0.15) is 0 Å². The Kier molecular flexibility index (Phi) is 3.03. The Hall–Kier alpha value is -1.07. The van der Waals surface area contributed by atoms with Crippen molar-refractivity contribution in [2.45, 2.75) is 6.92 Å². The van der Waals surface area contributed by atoms with E-state index in [1.807, 2.05) is 31.2 Å². The lowest BCUT2D eigenvalue weighted by Crippen LogP contribution is -2.19. The molecule has 2 heterocycles. The molecule has 0 saturated carbocycles. The van der Waals surface area contributed by atoms with Gasteiger partial charge in [0, 0.05) is 22.3 Å². The molecular formula is C13H11BrN2OS. The van der Waals surface area contributed by atoms with Crippen molar-refractivity contribution in [1.82, 2.24) is 4.90 Å². The second-order valence-corrected chi connectivity index (χ2v) is 6.06. The van der Waals surface area contributed by atoms with Gasteiger partial charge in [-0.15, -0.1) is 0 Å². The zero-order valence-electron chi connectivity index (χ0n) is 9.81. The normalized spacial score (nSPS) is 18.1. The number of hydrogen-bond acceptors (Lipinski definition) is 4. The third-order valence-electron chi connectivity index (χ3n) is 3.04. The van der Waals surface area contributed by atoms with Crippen molar-refractivity contribution in [2.24, 2.45) is 4.99 Å². The van der Waals surface area contributed by atoms with Gasteiger partial charge in [-0.2, -0.15) is 0 Å². The maximum absolute atomic E-state index is 12.4. The first-order chi connectivity index (χ1) is 8.66. The molecular weight excluding hydrogens is 312 g/mol. The Morgan fingerprint density at radius 2 is 2.11 bits per heavy atom. The predicted molar refractivity (Wildman–Crippen MR) is 77.8 cm³/mol. The van der Waals surface area contributed by atoms with Gasteiger partial charge < -0.3 is 4.90 Å². The number of Topliss-reactive ketones (excluding diaryl/α,β-unsaturated/α-hetero) is 1. The molecule has 3 nitrogen and oxygen atoms in total. The number of benzene rings is 1. The van der Waals surface area contributed by atoms with Gasteiger partial charge in [-0.1, -0.05) is 15.9 Å². The molecule has 0 bridgehead atoms. The number of fused-ring (bicyclic) bond motifs is 1. The fraction of sp³-hybridized carbons (Fsp3) is 0.231. The van der Waals surface area contributed by atoms with Gasteiger partial charge in [0.25, 0.3) is 0 Å². The lowest BCUT2D eigenvalue weighted by Gasteiger charge is -2.11. The molecule has 0 saturated heterocycles. The summed E-state index contributed by atoms with van der Waals surface area (Å²) in [6.07, 6.45) is 0. The lowest BCUT2D eigenvalue weighted by atomic mass is 10.1. The van der Waals surface area contributed by atoms with E-state index in [1.165, 1.54) is 11.8 Å². The highest BCUT2D eigenvalue weighted by atomic mass is 79.9. The Morgan fingerprint density at radius 3 is 2.78 bits per heavy atom. The van der Waals surface area contributed by atoms with Crippen LogP contribution in [0.2, 0.25) is 0 Å². The number of ketones is 1. The molecule has 1 aromatic rings. The first-order valence-electron chi connectivity index (χ1n) is 5.68. The fourth-order valence-electron chi connectivity index (χ4n) is 2.06. The summed E-state index contributed by atoms with van der Waals surface area (Å²) in [4.78, 5) is 19.7. The molecule has 5 heteroatoms. The van der Waals surface area contributed by atoms with Gasteiger partial charge in [0.2, 0.25) is 5.78 Å². The van der Waals surface area contributed by atoms with Crippen LogP contribution in [0.25, 0.3) is 0 Å². The lowest BCUT2D eigenvalue weighted by molar-refractivity contribution is 0.104. The monoisotopic (exact) mass is 322 g/mol. The van der Waals surface area contributed by atoms with Crippen molar-refractivity contribution < 1.29 is 4.79 Å². The van der Waals surface area contributed by atoms with Crippen molar-refractivity contribution in [3.8, 4) is 0 Å². The molecule has 0 amide bonds. The highest BCUT2D eigenvalue weighted by molar-refractivity contribution is 9.10. The van der Waals surface area contributed by atoms with Crippen molar-refractivity contribution in [3.05, 3.63) is 44.9 Å². The third kappa shape index (κ3) is 1.91. The number of amidine groups is 1. The first kappa shape index (κ1) is 12.0. The SMILES string of the molecule is CC1=C(C(=O)c2ccc(Br)cc2)SC2=NCCN21. The number of aliphatic imine (C=N–C) groups is 1. The highest BCUT2D eigenvalue weighted by Gasteiger charge is 2.33. The summed E-state index contributed by atoms with van der Waals surface area (Å²) >= 11 is 4.86. The van der Waals surface area contributed by atoms with E-state index in [0.717, 1.165) is 38.9 Å². The minimum absolute atomic E-state index is 0.0853. The van der Waals surface area contributed by atoms with Crippen LogP contribution in [0.15, 0.2) is 44.3 Å². The van der Waals surface area contributed by atoms with Gasteiger partial charge in [-0.05, 0) is 43.0 Å². The zero-order chi connectivity index (χ0) is 12.7. The average molecular weight is 323 g/mol. The molecule has 2 aliphatic rings. The van der Waals surface area contributed by atoms with Gasteiger partial charge >= 0.3 is 0 Å². The Morgan fingerprint density at radius 1 is 1.39 bits per heavy atom. The molecule has 0 atom stereocenters. The van der Waals surface area contributed by atoms with E-state index in [2.05, 4.69) is 25.8 Å². The molecule has 0 spiro atoms. The Labute approximate surface area is 118 Å². The van der Waals surface area contributed by atoms with Crippen LogP contribution in [0.3, 0.4) is 0 Å². The molecule has 0 aromatic heterocycles. The van der Waals surface area contributed by atoms with Crippen LogP contribution in [0.5, 0.6) is 0 Å². The van der Waals surface area contributed by atoms with Crippen LogP contribution in [0, 0.1) is 0 Å². The minimum atomic E-state index is 0.0853. The van der Waals surface area contributed by atoms with Crippen molar-refractivity contribution >= 4 is 38.6 Å².